The normalized spacial score (nSPS) is 11.1. The minimum absolute atomic E-state index is 0.220. The van der Waals surface area contributed by atoms with E-state index in [1.54, 1.807) is 12.1 Å². The number of imidazole rings is 1. The highest BCUT2D eigenvalue weighted by atomic mass is 79.9. The molecule has 0 fully saturated rings. The summed E-state index contributed by atoms with van der Waals surface area (Å²) >= 11 is 3.41. The van der Waals surface area contributed by atoms with Crippen molar-refractivity contribution in [2.24, 2.45) is 0 Å². The van der Waals surface area contributed by atoms with Crippen molar-refractivity contribution in [1.82, 2.24) is 9.97 Å². The number of aromatic hydroxyl groups is 1. The van der Waals surface area contributed by atoms with Crippen LogP contribution in [-0.4, -0.2) is 15.1 Å². The Morgan fingerprint density at radius 2 is 2.05 bits per heavy atom. The third-order valence-electron chi connectivity index (χ3n) is 3.17. The molecule has 0 aliphatic rings. The number of aromatic amines is 1. The quantitative estimate of drug-likeness (QED) is 0.742. The van der Waals surface area contributed by atoms with Gasteiger partial charge in [-0.15, -0.1) is 0 Å². The van der Waals surface area contributed by atoms with E-state index in [1.165, 1.54) is 5.56 Å². The smallest absolute Gasteiger partial charge is 0.142 e. The van der Waals surface area contributed by atoms with Gasteiger partial charge >= 0.3 is 0 Å². The first kappa shape index (κ1) is 12.2. The zero-order chi connectivity index (χ0) is 13.4. The molecule has 0 saturated carbocycles. The number of phenolic OH excluding ortho intramolecular Hbond substituents is 1. The number of rotatable bonds is 2. The first-order chi connectivity index (χ1) is 9.17. The number of hydrogen-bond acceptors (Lipinski definition) is 2. The first-order valence-corrected chi connectivity index (χ1v) is 6.94. The van der Waals surface area contributed by atoms with Crippen LogP contribution < -0.4 is 0 Å². The number of aryl methyl sites for hydroxylation is 1. The molecule has 1 heterocycles. The van der Waals surface area contributed by atoms with Crippen molar-refractivity contribution in [3.63, 3.8) is 0 Å². The van der Waals surface area contributed by atoms with Crippen molar-refractivity contribution in [2.45, 2.75) is 13.3 Å². The molecule has 0 radical (unpaired) electrons. The first-order valence-electron chi connectivity index (χ1n) is 6.15. The summed E-state index contributed by atoms with van der Waals surface area (Å²) in [6.45, 7) is 2.12. The highest BCUT2D eigenvalue weighted by Gasteiger charge is 2.10. The van der Waals surface area contributed by atoms with Crippen molar-refractivity contribution >= 4 is 27.0 Å². The maximum atomic E-state index is 9.93. The van der Waals surface area contributed by atoms with E-state index in [2.05, 4.69) is 45.0 Å². The second kappa shape index (κ2) is 4.70. The molecule has 0 aliphatic carbocycles. The molecule has 3 aromatic rings. The Balaban J connectivity index is 2.17. The summed E-state index contributed by atoms with van der Waals surface area (Å²) in [5.41, 5.74) is 3.87. The number of halogens is 1. The van der Waals surface area contributed by atoms with Crippen molar-refractivity contribution in [2.75, 3.05) is 0 Å². The van der Waals surface area contributed by atoms with Gasteiger partial charge in [-0.3, -0.25) is 0 Å². The Kier molecular flexibility index (Phi) is 3.03. The fourth-order valence-corrected chi connectivity index (χ4v) is 2.46. The van der Waals surface area contributed by atoms with E-state index in [4.69, 9.17) is 0 Å². The maximum Gasteiger partial charge on any atom is 0.142 e. The van der Waals surface area contributed by atoms with Gasteiger partial charge in [-0.2, -0.15) is 0 Å². The Morgan fingerprint density at radius 1 is 1.21 bits per heavy atom. The monoisotopic (exact) mass is 316 g/mol. The van der Waals surface area contributed by atoms with E-state index in [0.717, 1.165) is 21.9 Å². The number of fused-ring (bicyclic) bond motifs is 1. The topological polar surface area (TPSA) is 48.9 Å². The van der Waals surface area contributed by atoms with Gasteiger partial charge in [0.05, 0.1) is 16.6 Å². The molecule has 0 spiro atoms. The van der Waals surface area contributed by atoms with Crippen LogP contribution in [0, 0.1) is 0 Å². The molecule has 96 valence electrons. The molecular weight excluding hydrogens is 304 g/mol. The number of nitrogens with one attached hydrogen (secondary N) is 1. The second-order valence-corrected chi connectivity index (χ2v) is 5.37. The van der Waals surface area contributed by atoms with Crippen LogP contribution in [0.15, 0.2) is 40.9 Å². The number of H-pyrrole nitrogens is 1. The standard InChI is InChI=1S/C15H13BrN2O/c1-2-9-3-5-12-13(7-9)18-15(17-12)11-8-10(16)4-6-14(11)19/h3-8,19H,2H2,1H3,(H,17,18). The van der Waals surface area contributed by atoms with Gasteiger partial charge in [-0.1, -0.05) is 28.9 Å². The fourth-order valence-electron chi connectivity index (χ4n) is 2.10. The minimum atomic E-state index is 0.220. The van der Waals surface area contributed by atoms with Crippen LogP contribution in [-0.2, 0) is 6.42 Å². The number of phenols is 1. The Morgan fingerprint density at radius 3 is 2.84 bits per heavy atom. The van der Waals surface area contributed by atoms with Crippen molar-refractivity contribution in [3.05, 3.63) is 46.4 Å². The molecule has 4 heteroatoms. The highest BCUT2D eigenvalue weighted by molar-refractivity contribution is 9.10. The van der Waals surface area contributed by atoms with Gasteiger partial charge in [0.1, 0.15) is 11.6 Å². The molecule has 0 aliphatic heterocycles. The van der Waals surface area contributed by atoms with Crippen molar-refractivity contribution in [1.29, 1.82) is 0 Å². The molecule has 19 heavy (non-hydrogen) atoms. The summed E-state index contributed by atoms with van der Waals surface area (Å²) in [5, 5.41) is 9.93. The SMILES string of the molecule is CCc1ccc2nc(-c3cc(Br)ccc3O)[nH]c2c1. The van der Waals surface area contributed by atoms with Gasteiger partial charge in [0.25, 0.3) is 0 Å². The third-order valence-corrected chi connectivity index (χ3v) is 3.66. The fraction of sp³-hybridized carbons (Fsp3) is 0.133. The lowest BCUT2D eigenvalue weighted by molar-refractivity contribution is 0.477. The van der Waals surface area contributed by atoms with Gasteiger partial charge in [-0.25, -0.2) is 4.98 Å². The molecular formula is C15H13BrN2O. The second-order valence-electron chi connectivity index (χ2n) is 4.45. The van der Waals surface area contributed by atoms with Crippen LogP contribution in [0.1, 0.15) is 12.5 Å². The van der Waals surface area contributed by atoms with Crippen LogP contribution in [0.3, 0.4) is 0 Å². The molecule has 0 saturated heterocycles. The molecule has 3 rings (SSSR count). The average Bonchev–Trinajstić information content (AvgIpc) is 2.83. The third kappa shape index (κ3) is 2.24. The largest absolute Gasteiger partial charge is 0.507 e. The van der Waals surface area contributed by atoms with Crippen LogP contribution in [0.5, 0.6) is 5.75 Å². The van der Waals surface area contributed by atoms with Gasteiger partial charge in [-0.05, 0) is 42.3 Å². The van der Waals surface area contributed by atoms with Crippen molar-refractivity contribution in [3.8, 4) is 17.1 Å². The number of nitrogens with zero attached hydrogens (tertiary/aromatic N) is 1. The summed E-state index contributed by atoms with van der Waals surface area (Å²) in [7, 11) is 0. The molecule has 2 N–H and O–H groups in total. The Bertz CT molecular complexity index is 749. The minimum Gasteiger partial charge on any atom is -0.507 e. The van der Waals surface area contributed by atoms with Crippen molar-refractivity contribution < 1.29 is 5.11 Å². The van der Waals surface area contributed by atoms with Crippen LogP contribution in [0.4, 0.5) is 0 Å². The van der Waals surface area contributed by atoms with E-state index in [0.29, 0.717) is 11.4 Å². The maximum absolute atomic E-state index is 9.93. The van der Waals surface area contributed by atoms with E-state index in [-0.39, 0.29) is 5.75 Å². The van der Waals surface area contributed by atoms with Gasteiger partial charge in [0.2, 0.25) is 0 Å². The number of benzene rings is 2. The molecule has 0 bridgehead atoms. The van der Waals surface area contributed by atoms with E-state index >= 15 is 0 Å². The molecule has 2 aromatic carbocycles. The van der Waals surface area contributed by atoms with Crippen LogP contribution >= 0.6 is 15.9 Å². The van der Waals surface area contributed by atoms with Crippen LogP contribution in [0.25, 0.3) is 22.4 Å². The zero-order valence-corrected chi connectivity index (χ0v) is 12.0. The predicted molar refractivity (Wildman–Crippen MR) is 80.3 cm³/mol. The lowest BCUT2D eigenvalue weighted by Gasteiger charge is -2.01. The zero-order valence-electron chi connectivity index (χ0n) is 10.4. The number of hydrogen-bond donors (Lipinski definition) is 2. The molecule has 3 nitrogen and oxygen atoms in total. The summed E-state index contributed by atoms with van der Waals surface area (Å²) < 4.78 is 0.912. The van der Waals surface area contributed by atoms with Crippen LogP contribution in [0.2, 0.25) is 0 Å². The van der Waals surface area contributed by atoms with E-state index in [1.807, 2.05) is 12.1 Å². The number of aromatic nitrogens is 2. The molecule has 1 aromatic heterocycles. The predicted octanol–water partition coefficient (Wildman–Crippen LogP) is 4.26. The van der Waals surface area contributed by atoms with Gasteiger partial charge in [0, 0.05) is 4.47 Å². The highest BCUT2D eigenvalue weighted by Crippen LogP contribution is 2.31. The Hall–Kier alpha value is -1.81. The van der Waals surface area contributed by atoms with Gasteiger partial charge in [0.15, 0.2) is 0 Å². The van der Waals surface area contributed by atoms with E-state index in [9.17, 15) is 5.11 Å². The summed E-state index contributed by atoms with van der Waals surface area (Å²) in [4.78, 5) is 7.79. The average molecular weight is 317 g/mol. The molecule has 0 atom stereocenters. The van der Waals surface area contributed by atoms with E-state index < -0.39 is 0 Å². The lowest BCUT2D eigenvalue weighted by atomic mass is 10.1. The van der Waals surface area contributed by atoms with Gasteiger partial charge < -0.3 is 10.1 Å². The summed E-state index contributed by atoms with van der Waals surface area (Å²) in [5.74, 6) is 0.903. The lowest BCUT2D eigenvalue weighted by Crippen LogP contribution is -1.81. The Labute approximate surface area is 119 Å². The summed E-state index contributed by atoms with van der Waals surface area (Å²) in [6.07, 6.45) is 0.992. The summed E-state index contributed by atoms with van der Waals surface area (Å²) in [6, 6.07) is 11.5. The molecule has 0 unspecified atom stereocenters. The molecule has 0 amide bonds.